The van der Waals surface area contributed by atoms with E-state index in [2.05, 4.69) is 9.97 Å². The minimum absolute atomic E-state index is 0.0211. The van der Waals surface area contributed by atoms with Crippen LogP contribution in [0.3, 0.4) is 0 Å². The summed E-state index contributed by atoms with van der Waals surface area (Å²) >= 11 is 0. The second-order valence-corrected chi connectivity index (χ2v) is 6.47. The average molecular weight is 287 g/mol. The molecular formula is C16H21N3O2. The highest BCUT2D eigenvalue weighted by atomic mass is 16.6. The SMILES string of the molecule is CC(C)(C)OC(=O)N1CCCC1c1nc2ccccc2[nH]1. The van der Waals surface area contributed by atoms with Gasteiger partial charge in [0.05, 0.1) is 17.1 Å². The monoisotopic (exact) mass is 287 g/mol. The Bertz CT molecular complexity index is 624. The fraction of sp³-hybridized carbons (Fsp3) is 0.500. The van der Waals surface area contributed by atoms with E-state index in [0.29, 0.717) is 0 Å². The van der Waals surface area contributed by atoms with Crippen LogP contribution in [-0.2, 0) is 4.74 Å². The molecule has 1 amide bonds. The predicted molar refractivity (Wildman–Crippen MR) is 81.0 cm³/mol. The van der Waals surface area contributed by atoms with E-state index in [1.165, 1.54) is 0 Å². The number of benzene rings is 1. The summed E-state index contributed by atoms with van der Waals surface area (Å²) in [5.41, 5.74) is 1.46. The first-order valence-electron chi connectivity index (χ1n) is 7.38. The van der Waals surface area contributed by atoms with Gasteiger partial charge in [0.15, 0.2) is 0 Å². The normalized spacial score (nSPS) is 19.2. The Morgan fingerprint density at radius 1 is 1.38 bits per heavy atom. The molecule has 5 nitrogen and oxygen atoms in total. The number of imidazole rings is 1. The Kier molecular flexibility index (Phi) is 3.35. The Morgan fingerprint density at radius 2 is 2.14 bits per heavy atom. The average Bonchev–Trinajstić information content (AvgIpc) is 3.02. The van der Waals surface area contributed by atoms with Gasteiger partial charge in [-0.15, -0.1) is 0 Å². The molecule has 2 heterocycles. The number of nitrogens with one attached hydrogen (secondary N) is 1. The van der Waals surface area contributed by atoms with Crippen molar-refractivity contribution >= 4 is 17.1 Å². The van der Waals surface area contributed by atoms with Crippen molar-refractivity contribution in [1.82, 2.24) is 14.9 Å². The highest BCUT2D eigenvalue weighted by Crippen LogP contribution is 2.32. The lowest BCUT2D eigenvalue weighted by Gasteiger charge is -2.27. The lowest BCUT2D eigenvalue weighted by atomic mass is 10.2. The summed E-state index contributed by atoms with van der Waals surface area (Å²) < 4.78 is 5.49. The third kappa shape index (κ3) is 2.86. The van der Waals surface area contributed by atoms with Crippen molar-refractivity contribution in [3.8, 4) is 0 Å². The largest absolute Gasteiger partial charge is 0.444 e. The van der Waals surface area contributed by atoms with Crippen LogP contribution in [0.2, 0.25) is 0 Å². The molecule has 2 aromatic rings. The number of hydrogen-bond donors (Lipinski definition) is 1. The number of hydrogen-bond acceptors (Lipinski definition) is 3. The molecule has 3 rings (SSSR count). The topological polar surface area (TPSA) is 58.2 Å². The van der Waals surface area contributed by atoms with E-state index in [1.807, 2.05) is 45.0 Å². The van der Waals surface area contributed by atoms with Crippen LogP contribution in [0.15, 0.2) is 24.3 Å². The van der Waals surface area contributed by atoms with Crippen molar-refractivity contribution in [2.75, 3.05) is 6.54 Å². The maximum absolute atomic E-state index is 12.3. The van der Waals surface area contributed by atoms with Crippen molar-refractivity contribution in [3.05, 3.63) is 30.1 Å². The Labute approximate surface area is 124 Å². The molecule has 1 aromatic heterocycles. The van der Waals surface area contributed by atoms with Crippen LogP contribution in [-0.4, -0.2) is 33.1 Å². The van der Waals surface area contributed by atoms with Gasteiger partial charge in [-0.3, -0.25) is 4.90 Å². The zero-order valence-corrected chi connectivity index (χ0v) is 12.7. The maximum atomic E-state index is 12.3. The van der Waals surface area contributed by atoms with E-state index in [9.17, 15) is 4.79 Å². The number of carbonyl (C=O) groups is 1. The Hall–Kier alpha value is -2.04. The number of fused-ring (bicyclic) bond motifs is 1. The molecule has 21 heavy (non-hydrogen) atoms. The second-order valence-electron chi connectivity index (χ2n) is 6.47. The molecule has 0 bridgehead atoms. The molecule has 1 unspecified atom stereocenters. The molecule has 5 heteroatoms. The summed E-state index contributed by atoms with van der Waals surface area (Å²) in [6.07, 6.45) is 1.63. The summed E-state index contributed by atoms with van der Waals surface area (Å²) in [7, 11) is 0. The number of nitrogens with zero attached hydrogens (tertiary/aromatic N) is 2. The number of aromatic amines is 1. The molecule has 0 aliphatic carbocycles. The minimum Gasteiger partial charge on any atom is -0.444 e. The van der Waals surface area contributed by atoms with Crippen LogP contribution in [0.4, 0.5) is 4.79 Å². The van der Waals surface area contributed by atoms with Gasteiger partial charge in [-0.1, -0.05) is 12.1 Å². The molecule has 0 saturated carbocycles. The van der Waals surface area contributed by atoms with E-state index in [4.69, 9.17) is 4.74 Å². The fourth-order valence-electron chi connectivity index (χ4n) is 2.72. The highest BCUT2D eigenvalue weighted by molar-refractivity contribution is 5.75. The van der Waals surface area contributed by atoms with E-state index in [0.717, 1.165) is 36.2 Å². The van der Waals surface area contributed by atoms with Gasteiger partial charge in [-0.25, -0.2) is 9.78 Å². The zero-order valence-electron chi connectivity index (χ0n) is 12.7. The van der Waals surface area contributed by atoms with E-state index >= 15 is 0 Å². The molecule has 0 radical (unpaired) electrons. The van der Waals surface area contributed by atoms with Crippen LogP contribution in [0.25, 0.3) is 11.0 Å². The molecule has 0 spiro atoms. The predicted octanol–water partition coefficient (Wildman–Crippen LogP) is 3.63. The minimum atomic E-state index is -0.474. The quantitative estimate of drug-likeness (QED) is 0.871. The molecule has 112 valence electrons. The molecule has 1 saturated heterocycles. The van der Waals surface area contributed by atoms with Gasteiger partial charge in [0.2, 0.25) is 0 Å². The van der Waals surface area contributed by atoms with Crippen LogP contribution in [0, 0.1) is 0 Å². The van der Waals surface area contributed by atoms with Crippen LogP contribution in [0.1, 0.15) is 45.5 Å². The van der Waals surface area contributed by atoms with Crippen molar-refractivity contribution in [1.29, 1.82) is 0 Å². The summed E-state index contributed by atoms with van der Waals surface area (Å²) in [5, 5.41) is 0. The number of carbonyl (C=O) groups excluding carboxylic acids is 1. The van der Waals surface area contributed by atoms with Gasteiger partial charge in [0.25, 0.3) is 0 Å². The molecule has 1 aromatic carbocycles. The van der Waals surface area contributed by atoms with Crippen molar-refractivity contribution < 1.29 is 9.53 Å². The Balaban J connectivity index is 1.85. The molecule has 1 aliphatic heterocycles. The van der Waals surface area contributed by atoms with Crippen molar-refractivity contribution in [3.63, 3.8) is 0 Å². The third-order valence-corrected chi connectivity index (χ3v) is 3.60. The Morgan fingerprint density at radius 3 is 2.86 bits per heavy atom. The van der Waals surface area contributed by atoms with E-state index < -0.39 is 5.60 Å². The third-order valence-electron chi connectivity index (χ3n) is 3.60. The first-order valence-corrected chi connectivity index (χ1v) is 7.38. The van der Waals surface area contributed by atoms with Gasteiger partial charge in [0.1, 0.15) is 11.4 Å². The number of amides is 1. The second kappa shape index (κ2) is 5.06. The van der Waals surface area contributed by atoms with Gasteiger partial charge in [0, 0.05) is 6.54 Å². The number of rotatable bonds is 1. The smallest absolute Gasteiger partial charge is 0.410 e. The summed E-state index contributed by atoms with van der Waals surface area (Å²) in [6.45, 7) is 6.38. The van der Waals surface area contributed by atoms with Crippen LogP contribution in [0.5, 0.6) is 0 Å². The van der Waals surface area contributed by atoms with E-state index in [1.54, 1.807) is 4.90 Å². The number of likely N-dealkylation sites (tertiary alicyclic amines) is 1. The van der Waals surface area contributed by atoms with Crippen LogP contribution < -0.4 is 0 Å². The summed E-state index contributed by atoms with van der Waals surface area (Å²) in [5.74, 6) is 0.847. The number of H-pyrrole nitrogens is 1. The standard InChI is InChI=1S/C16H21N3O2/c1-16(2,3)21-15(20)19-10-6-9-13(19)14-17-11-7-4-5-8-12(11)18-14/h4-5,7-8,13H,6,9-10H2,1-3H3,(H,17,18). The number of para-hydroxylation sites is 2. The summed E-state index contributed by atoms with van der Waals surface area (Å²) in [6, 6.07) is 7.89. The van der Waals surface area contributed by atoms with Crippen molar-refractivity contribution in [2.45, 2.75) is 45.3 Å². The zero-order chi connectivity index (χ0) is 15.0. The van der Waals surface area contributed by atoms with Gasteiger partial charge >= 0.3 is 6.09 Å². The number of aromatic nitrogens is 2. The maximum Gasteiger partial charge on any atom is 0.410 e. The fourth-order valence-corrected chi connectivity index (χ4v) is 2.72. The van der Waals surface area contributed by atoms with Gasteiger partial charge in [-0.2, -0.15) is 0 Å². The number of ether oxygens (including phenoxy) is 1. The molecule has 1 fully saturated rings. The molecule has 1 aliphatic rings. The molecule has 1 N–H and O–H groups in total. The first kappa shape index (κ1) is 13.9. The first-order chi connectivity index (χ1) is 9.94. The molecule has 1 atom stereocenters. The van der Waals surface area contributed by atoms with Crippen LogP contribution >= 0.6 is 0 Å². The van der Waals surface area contributed by atoms with Gasteiger partial charge in [-0.05, 0) is 45.7 Å². The van der Waals surface area contributed by atoms with Crippen molar-refractivity contribution in [2.24, 2.45) is 0 Å². The molecular weight excluding hydrogens is 266 g/mol. The van der Waals surface area contributed by atoms with Gasteiger partial charge < -0.3 is 9.72 Å². The summed E-state index contributed by atoms with van der Waals surface area (Å²) in [4.78, 5) is 22.0. The van der Waals surface area contributed by atoms with E-state index in [-0.39, 0.29) is 12.1 Å². The lowest BCUT2D eigenvalue weighted by Crippen LogP contribution is -2.36. The highest BCUT2D eigenvalue weighted by Gasteiger charge is 2.34. The lowest BCUT2D eigenvalue weighted by molar-refractivity contribution is 0.0219.